The Morgan fingerprint density at radius 2 is 2.00 bits per heavy atom. The van der Waals surface area contributed by atoms with Gasteiger partial charge in [0, 0.05) is 32.2 Å². The summed E-state index contributed by atoms with van der Waals surface area (Å²) in [4.78, 5) is 53.7. The summed E-state index contributed by atoms with van der Waals surface area (Å²) in [5.74, 6) is 0.650. The quantitative estimate of drug-likeness (QED) is 0.277. The largest absolute Gasteiger partial charge is 0.504 e. The Hall–Kier alpha value is -5.03. The molecule has 3 aliphatic heterocycles. The van der Waals surface area contributed by atoms with Crippen molar-refractivity contribution in [1.82, 2.24) is 34.0 Å². The summed E-state index contributed by atoms with van der Waals surface area (Å²) in [6, 6.07) is 2.63. The molecule has 270 valence electrons. The van der Waals surface area contributed by atoms with E-state index in [4.69, 9.17) is 21.3 Å². The second kappa shape index (κ2) is 14.7. The molecule has 7 rings (SSSR count). The molecule has 4 aromatic rings. The number of nitrogens with zero attached hydrogens (tertiary/aromatic N) is 8. The van der Waals surface area contributed by atoms with Gasteiger partial charge in [-0.05, 0) is 56.4 Å². The third kappa shape index (κ3) is 7.12. The lowest BCUT2D eigenvalue weighted by Gasteiger charge is -2.42. The highest BCUT2D eigenvalue weighted by atomic mass is 35.5. The van der Waals surface area contributed by atoms with Gasteiger partial charge in [0.05, 0.1) is 40.9 Å². The summed E-state index contributed by atoms with van der Waals surface area (Å²) in [5.41, 5.74) is 2.15. The number of alkyl halides is 3. The van der Waals surface area contributed by atoms with E-state index in [1.807, 2.05) is 6.08 Å². The van der Waals surface area contributed by atoms with Crippen molar-refractivity contribution in [3.63, 3.8) is 0 Å². The molecule has 0 aliphatic carbocycles. The van der Waals surface area contributed by atoms with Crippen molar-refractivity contribution in [3.05, 3.63) is 74.4 Å². The smallest absolute Gasteiger partial charge is 0.416 e. The van der Waals surface area contributed by atoms with E-state index in [1.165, 1.54) is 10.8 Å². The molecular weight excluding hydrogens is 695 g/mol. The first-order valence-corrected chi connectivity index (χ1v) is 16.7. The molecule has 1 aromatic carbocycles. The number of ether oxygens (including phenoxy) is 1. The lowest BCUT2D eigenvalue weighted by Crippen LogP contribution is -2.56. The fraction of sp³-hybridized carbons (Fsp3) is 0.424. The second-order valence-corrected chi connectivity index (χ2v) is 12.6. The van der Waals surface area contributed by atoms with E-state index in [-0.39, 0.29) is 39.7 Å². The van der Waals surface area contributed by atoms with E-state index in [9.17, 15) is 32.7 Å². The van der Waals surface area contributed by atoms with Gasteiger partial charge in [0.15, 0.2) is 17.3 Å². The van der Waals surface area contributed by atoms with Crippen molar-refractivity contribution in [2.24, 2.45) is 0 Å². The van der Waals surface area contributed by atoms with Crippen LogP contribution in [-0.2, 0) is 28.7 Å². The van der Waals surface area contributed by atoms with Crippen molar-refractivity contribution in [2.45, 2.75) is 58.3 Å². The first-order chi connectivity index (χ1) is 24.4. The molecular formula is C33H35ClF3N9O5. The first kappa shape index (κ1) is 35.8. The molecule has 0 radical (unpaired) electrons. The van der Waals surface area contributed by atoms with Gasteiger partial charge >= 0.3 is 6.18 Å². The lowest BCUT2D eigenvalue weighted by atomic mass is 10.1. The van der Waals surface area contributed by atoms with Gasteiger partial charge in [-0.15, -0.1) is 5.10 Å². The maximum atomic E-state index is 13.9. The Morgan fingerprint density at radius 1 is 1.20 bits per heavy atom. The van der Waals surface area contributed by atoms with Crippen LogP contribution in [0.15, 0.2) is 35.4 Å². The number of hydrogen-bond acceptors (Lipinski definition) is 10. The molecule has 1 fully saturated rings. The van der Waals surface area contributed by atoms with Crippen LogP contribution in [0.4, 0.5) is 24.5 Å². The average molecular weight is 730 g/mol. The van der Waals surface area contributed by atoms with E-state index >= 15 is 0 Å². The van der Waals surface area contributed by atoms with Crippen LogP contribution in [0.2, 0.25) is 5.02 Å². The molecule has 18 heteroatoms. The van der Waals surface area contributed by atoms with Crippen molar-refractivity contribution in [2.75, 3.05) is 43.1 Å². The fourth-order valence-corrected chi connectivity index (χ4v) is 6.70. The molecule has 14 nitrogen and oxygen atoms in total. The summed E-state index contributed by atoms with van der Waals surface area (Å²) in [5, 5.41) is 17.0. The molecule has 51 heavy (non-hydrogen) atoms. The summed E-state index contributed by atoms with van der Waals surface area (Å²) in [6.07, 6.45) is 2.38. The van der Waals surface area contributed by atoms with E-state index in [0.29, 0.717) is 62.2 Å². The SMILES string of the molecule is CCC1CN(C(=O)c2ncnc(C)c2O)CCN1c1c2n(c3nc(C4=CCOCC4)nn3c1=O)CCC2.O=CNc1ccc(C(F)(F)F)cc1Cl. The van der Waals surface area contributed by atoms with Gasteiger partial charge in [0.1, 0.15) is 12.0 Å². The lowest BCUT2D eigenvalue weighted by molar-refractivity contribution is -0.137. The van der Waals surface area contributed by atoms with E-state index in [0.717, 1.165) is 61.7 Å². The maximum Gasteiger partial charge on any atom is 0.416 e. The van der Waals surface area contributed by atoms with Crippen LogP contribution in [0.3, 0.4) is 0 Å². The van der Waals surface area contributed by atoms with Crippen LogP contribution in [0, 0.1) is 6.92 Å². The van der Waals surface area contributed by atoms with Crippen LogP contribution in [-0.4, -0.2) is 90.3 Å². The number of amides is 2. The average Bonchev–Trinajstić information content (AvgIpc) is 3.79. The minimum Gasteiger partial charge on any atom is -0.504 e. The molecule has 3 aliphatic rings. The Kier molecular flexibility index (Phi) is 10.3. The zero-order valence-electron chi connectivity index (χ0n) is 27.8. The number of aromatic hydroxyl groups is 1. The molecule has 0 bridgehead atoms. The number of fused-ring (bicyclic) bond motifs is 3. The number of piperazine rings is 1. The molecule has 3 aromatic heterocycles. The summed E-state index contributed by atoms with van der Waals surface area (Å²) < 4.78 is 45.4. The first-order valence-electron chi connectivity index (χ1n) is 16.4. The molecule has 6 heterocycles. The molecule has 2 N–H and O–H groups in total. The van der Waals surface area contributed by atoms with Crippen LogP contribution in [0.5, 0.6) is 5.75 Å². The summed E-state index contributed by atoms with van der Waals surface area (Å²) >= 11 is 5.49. The molecule has 1 atom stereocenters. The van der Waals surface area contributed by atoms with Crippen molar-refractivity contribution in [3.8, 4) is 5.75 Å². The normalized spacial score (nSPS) is 17.5. The number of carbonyl (C=O) groups excluding carboxylic acids is 2. The topological polar surface area (TPSA) is 160 Å². The second-order valence-electron chi connectivity index (χ2n) is 12.2. The molecule has 1 saturated heterocycles. The maximum absolute atomic E-state index is 13.9. The third-order valence-electron chi connectivity index (χ3n) is 9.12. The number of aryl methyl sites for hydroxylation is 2. The predicted octanol–water partition coefficient (Wildman–Crippen LogP) is 4.11. The summed E-state index contributed by atoms with van der Waals surface area (Å²) in [6.45, 7) is 6.95. The van der Waals surface area contributed by atoms with E-state index < -0.39 is 11.7 Å². The Labute approximate surface area is 294 Å². The minimum absolute atomic E-state index is 0.00995. The highest BCUT2D eigenvalue weighted by molar-refractivity contribution is 6.33. The Morgan fingerprint density at radius 3 is 2.69 bits per heavy atom. The zero-order valence-corrected chi connectivity index (χ0v) is 28.5. The van der Waals surface area contributed by atoms with Crippen LogP contribution in [0.1, 0.15) is 59.5 Å². The molecule has 2 amide bonds. The zero-order chi connectivity index (χ0) is 36.4. The number of halogens is 4. The Balaban J connectivity index is 0.000000270. The van der Waals surface area contributed by atoms with Gasteiger partial charge in [0.2, 0.25) is 12.2 Å². The van der Waals surface area contributed by atoms with Gasteiger partial charge in [-0.3, -0.25) is 14.4 Å². The Bertz CT molecular complexity index is 2070. The van der Waals surface area contributed by atoms with E-state index in [2.05, 4.69) is 36.8 Å². The third-order valence-corrected chi connectivity index (χ3v) is 9.43. The summed E-state index contributed by atoms with van der Waals surface area (Å²) in [7, 11) is 0. The van der Waals surface area contributed by atoms with Crippen molar-refractivity contribution >= 4 is 46.6 Å². The van der Waals surface area contributed by atoms with Gasteiger partial charge in [-0.1, -0.05) is 24.6 Å². The number of benzene rings is 1. The van der Waals surface area contributed by atoms with Crippen LogP contribution < -0.4 is 15.8 Å². The van der Waals surface area contributed by atoms with Crippen LogP contribution in [0.25, 0.3) is 11.4 Å². The molecule has 0 saturated carbocycles. The number of hydrogen-bond donors (Lipinski definition) is 2. The monoisotopic (exact) mass is 729 g/mol. The fourth-order valence-electron chi connectivity index (χ4n) is 6.46. The van der Waals surface area contributed by atoms with Gasteiger partial charge < -0.3 is 29.5 Å². The highest BCUT2D eigenvalue weighted by Gasteiger charge is 2.36. The van der Waals surface area contributed by atoms with Crippen molar-refractivity contribution < 1.29 is 32.6 Å². The number of rotatable bonds is 6. The highest BCUT2D eigenvalue weighted by Crippen LogP contribution is 2.34. The molecule has 1 unspecified atom stereocenters. The molecule has 0 spiro atoms. The predicted molar refractivity (Wildman–Crippen MR) is 181 cm³/mol. The number of anilines is 2. The van der Waals surface area contributed by atoms with E-state index in [1.54, 1.807) is 11.8 Å². The number of carbonyl (C=O) groups is 2. The standard InChI is InChI=1S/C25H30N8O4.C8H5ClF3NO/c1-3-17-13-30(23(35)19-21(34)15(2)26-14-27-19)9-10-31(17)20-18-5-4-8-32(18)25-28-22(29-33(25)24(20)36)16-6-11-37-12-7-16;9-6-3-5(8(10,11)12)1-2-7(6)13-4-14/h6,14,17,34H,3-5,7-13H2,1-2H3;1-4H,(H,13,14). The number of nitrogens with one attached hydrogen (secondary N) is 1. The van der Waals surface area contributed by atoms with Crippen molar-refractivity contribution in [1.29, 1.82) is 0 Å². The van der Waals surface area contributed by atoms with Gasteiger partial charge in [-0.2, -0.15) is 22.7 Å². The minimum atomic E-state index is -4.43. The number of aromatic nitrogens is 6. The van der Waals surface area contributed by atoms with Crippen LogP contribution >= 0.6 is 11.6 Å². The van der Waals surface area contributed by atoms with Gasteiger partial charge in [-0.25, -0.2) is 9.97 Å². The van der Waals surface area contributed by atoms with Gasteiger partial charge in [0.25, 0.3) is 11.5 Å².